The van der Waals surface area contributed by atoms with Crippen LogP contribution in [0, 0.1) is 11.7 Å². The van der Waals surface area contributed by atoms with Crippen LogP contribution in [-0.4, -0.2) is 47.5 Å². The summed E-state index contributed by atoms with van der Waals surface area (Å²) < 4.78 is 13.6. The number of rotatable bonds is 6. The van der Waals surface area contributed by atoms with E-state index in [1.54, 1.807) is 6.07 Å². The van der Waals surface area contributed by atoms with E-state index in [0.29, 0.717) is 32.4 Å². The Morgan fingerprint density at radius 3 is 2.76 bits per heavy atom. The third-order valence-corrected chi connectivity index (χ3v) is 4.06. The number of carboxylic acids is 1. The third-order valence-electron chi connectivity index (χ3n) is 4.06. The summed E-state index contributed by atoms with van der Waals surface area (Å²) in [6.45, 7) is 1.05. The van der Waals surface area contributed by atoms with Gasteiger partial charge in [-0.1, -0.05) is 12.1 Å². The standard InChI is InChI=1S/C17H22FN3O4/c18-13-6-1-2-7-14(13)20-17(25)21-10-4-5-12(11-21)16(24)19-9-3-8-15(22)23/h1-2,6-7,12H,3-5,8-11H2,(H,19,24)(H,20,25)(H,22,23). The summed E-state index contributed by atoms with van der Waals surface area (Å²) in [5.41, 5.74) is 0.104. The lowest BCUT2D eigenvalue weighted by Crippen LogP contribution is -2.47. The summed E-state index contributed by atoms with van der Waals surface area (Å²) in [6.07, 6.45) is 1.71. The highest BCUT2D eigenvalue weighted by Crippen LogP contribution is 2.19. The number of nitrogens with zero attached hydrogens (tertiary/aromatic N) is 1. The zero-order valence-corrected chi connectivity index (χ0v) is 13.8. The molecule has 7 nitrogen and oxygen atoms in total. The lowest BCUT2D eigenvalue weighted by molar-refractivity contribution is -0.137. The molecule has 0 aromatic heterocycles. The fraction of sp³-hybridized carbons (Fsp3) is 0.471. The number of anilines is 1. The number of carbonyl (C=O) groups is 3. The molecule has 1 aliphatic heterocycles. The first-order chi connectivity index (χ1) is 12.0. The van der Waals surface area contributed by atoms with Gasteiger partial charge in [-0.05, 0) is 31.4 Å². The number of para-hydroxylation sites is 1. The van der Waals surface area contributed by atoms with Crippen LogP contribution in [0.2, 0.25) is 0 Å². The molecule has 3 amide bonds. The normalized spacial score (nSPS) is 17.0. The Morgan fingerprint density at radius 1 is 1.28 bits per heavy atom. The Morgan fingerprint density at radius 2 is 2.04 bits per heavy atom. The van der Waals surface area contributed by atoms with E-state index in [9.17, 15) is 18.8 Å². The van der Waals surface area contributed by atoms with Gasteiger partial charge in [0.25, 0.3) is 0 Å². The van der Waals surface area contributed by atoms with Crippen molar-refractivity contribution in [3.8, 4) is 0 Å². The molecule has 0 aliphatic carbocycles. The number of urea groups is 1. The van der Waals surface area contributed by atoms with Gasteiger partial charge in [0.1, 0.15) is 5.82 Å². The number of nitrogens with one attached hydrogen (secondary N) is 2. The number of amides is 3. The van der Waals surface area contributed by atoms with E-state index in [2.05, 4.69) is 10.6 Å². The number of carboxylic acid groups (broad SMARTS) is 1. The first-order valence-corrected chi connectivity index (χ1v) is 8.27. The molecule has 1 unspecified atom stereocenters. The van der Waals surface area contributed by atoms with Crippen molar-refractivity contribution >= 4 is 23.6 Å². The van der Waals surface area contributed by atoms with Crippen LogP contribution in [0.5, 0.6) is 0 Å². The molecule has 0 saturated carbocycles. The van der Waals surface area contributed by atoms with Crippen molar-refractivity contribution in [2.45, 2.75) is 25.7 Å². The summed E-state index contributed by atoms with van der Waals surface area (Å²) in [5.74, 6) is -1.94. The van der Waals surface area contributed by atoms with E-state index in [-0.39, 0.29) is 30.5 Å². The van der Waals surface area contributed by atoms with Crippen molar-refractivity contribution in [3.05, 3.63) is 30.1 Å². The number of hydrogen-bond acceptors (Lipinski definition) is 3. The van der Waals surface area contributed by atoms with Gasteiger partial charge in [-0.3, -0.25) is 9.59 Å². The fourth-order valence-electron chi connectivity index (χ4n) is 2.73. The Labute approximate surface area is 145 Å². The van der Waals surface area contributed by atoms with Gasteiger partial charge >= 0.3 is 12.0 Å². The lowest BCUT2D eigenvalue weighted by Gasteiger charge is -2.32. The molecule has 1 atom stereocenters. The average molecular weight is 351 g/mol. The van der Waals surface area contributed by atoms with E-state index in [4.69, 9.17) is 5.11 Å². The van der Waals surface area contributed by atoms with Gasteiger partial charge in [-0.15, -0.1) is 0 Å². The van der Waals surface area contributed by atoms with Crippen molar-refractivity contribution in [2.75, 3.05) is 25.0 Å². The molecule has 0 spiro atoms. The molecule has 0 bridgehead atoms. The van der Waals surface area contributed by atoms with Gasteiger partial charge in [0.2, 0.25) is 5.91 Å². The van der Waals surface area contributed by atoms with Crippen LogP contribution in [-0.2, 0) is 9.59 Å². The number of aliphatic carboxylic acids is 1. The van der Waals surface area contributed by atoms with E-state index in [1.165, 1.54) is 23.1 Å². The number of hydrogen-bond donors (Lipinski definition) is 3. The second-order valence-corrected chi connectivity index (χ2v) is 5.98. The molecule has 1 aliphatic rings. The molecule has 25 heavy (non-hydrogen) atoms. The maximum Gasteiger partial charge on any atom is 0.321 e. The molecule has 2 rings (SSSR count). The van der Waals surface area contributed by atoms with E-state index in [1.807, 2.05) is 0 Å². The van der Waals surface area contributed by atoms with Crippen molar-refractivity contribution in [2.24, 2.45) is 5.92 Å². The zero-order chi connectivity index (χ0) is 18.2. The highest BCUT2D eigenvalue weighted by Gasteiger charge is 2.28. The zero-order valence-electron chi connectivity index (χ0n) is 13.8. The summed E-state index contributed by atoms with van der Waals surface area (Å²) >= 11 is 0. The van der Waals surface area contributed by atoms with Crippen LogP contribution in [0.25, 0.3) is 0 Å². The minimum atomic E-state index is -0.900. The first-order valence-electron chi connectivity index (χ1n) is 8.27. The van der Waals surface area contributed by atoms with Crippen molar-refractivity contribution in [3.63, 3.8) is 0 Å². The van der Waals surface area contributed by atoms with Gasteiger partial charge in [0.15, 0.2) is 0 Å². The van der Waals surface area contributed by atoms with E-state index in [0.717, 1.165) is 0 Å². The molecule has 8 heteroatoms. The molecule has 1 fully saturated rings. The maximum absolute atomic E-state index is 13.6. The van der Waals surface area contributed by atoms with E-state index < -0.39 is 17.8 Å². The second kappa shape index (κ2) is 9.00. The van der Waals surface area contributed by atoms with Crippen LogP contribution < -0.4 is 10.6 Å². The van der Waals surface area contributed by atoms with Crippen LogP contribution in [0.4, 0.5) is 14.9 Å². The predicted octanol–water partition coefficient (Wildman–Crippen LogP) is 2.05. The number of likely N-dealkylation sites (tertiary alicyclic amines) is 1. The van der Waals surface area contributed by atoms with Gasteiger partial charge in [-0.2, -0.15) is 0 Å². The molecule has 1 aromatic rings. The Hall–Kier alpha value is -2.64. The Bertz CT molecular complexity index is 638. The number of carbonyl (C=O) groups excluding carboxylic acids is 2. The summed E-state index contributed by atoms with van der Waals surface area (Å²) in [4.78, 5) is 36.4. The number of halogens is 1. The van der Waals surface area contributed by atoms with Crippen LogP contribution in [0.1, 0.15) is 25.7 Å². The topological polar surface area (TPSA) is 98.7 Å². The molecule has 0 radical (unpaired) electrons. The SMILES string of the molecule is O=C(O)CCCNC(=O)C1CCCN(C(=O)Nc2ccccc2F)C1. The number of benzene rings is 1. The second-order valence-electron chi connectivity index (χ2n) is 5.98. The Kier molecular flexibility index (Phi) is 6.73. The smallest absolute Gasteiger partial charge is 0.321 e. The molecule has 1 aromatic carbocycles. The molecular formula is C17H22FN3O4. The third kappa shape index (κ3) is 5.74. The number of piperidine rings is 1. The van der Waals surface area contributed by atoms with E-state index >= 15 is 0 Å². The van der Waals surface area contributed by atoms with Crippen molar-refractivity contribution in [1.29, 1.82) is 0 Å². The monoisotopic (exact) mass is 351 g/mol. The summed E-state index contributed by atoms with van der Waals surface area (Å²) in [5, 5.41) is 13.8. The maximum atomic E-state index is 13.6. The summed E-state index contributed by atoms with van der Waals surface area (Å²) in [6, 6.07) is 5.47. The van der Waals surface area contributed by atoms with Crippen molar-refractivity contribution < 1.29 is 23.9 Å². The predicted molar refractivity (Wildman–Crippen MR) is 89.6 cm³/mol. The van der Waals surface area contributed by atoms with Gasteiger partial charge in [-0.25, -0.2) is 9.18 Å². The molecule has 3 N–H and O–H groups in total. The van der Waals surface area contributed by atoms with Gasteiger partial charge in [0.05, 0.1) is 11.6 Å². The average Bonchev–Trinajstić information content (AvgIpc) is 2.60. The highest BCUT2D eigenvalue weighted by molar-refractivity contribution is 5.90. The highest BCUT2D eigenvalue weighted by atomic mass is 19.1. The fourth-order valence-corrected chi connectivity index (χ4v) is 2.73. The Balaban J connectivity index is 1.83. The minimum Gasteiger partial charge on any atom is -0.481 e. The summed E-state index contributed by atoms with van der Waals surface area (Å²) in [7, 11) is 0. The van der Waals surface area contributed by atoms with Crippen molar-refractivity contribution in [1.82, 2.24) is 10.2 Å². The first kappa shape index (κ1) is 18.7. The van der Waals surface area contributed by atoms with Gasteiger partial charge < -0.3 is 20.6 Å². The van der Waals surface area contributed by atoms with Crippen LogP contribution in [0.15, 0.2) is 24.3 Å². The molecule has 136 valence electrons. The lowest BCUT2D eigenvalue weighted by atomic mass is 9.97. The molecule has 1 saturated heterocycles. The minimum absolute atomic E-state index is 0.00210. The largest absolute Gasteiger partial charge is 0.481 e. The van der Waals surface area contributed by atoms with Crippen LogP contribution >= 0.6 is 0 Å². The van der Waals surface area contributed by atoms with Gasteiger partial charge in [0, 0.05) is 26.1 Å². The molecule has 1 heterocycles. The molecular weight excluding hydrogens is 329 g/mol. The van der Waals surface area contributed by atoms with Crippen LogP contribution in [0.3, 0.4) is 0 Å². The quantitative estimate of drug-likeness (QED) is 0.683.